The summed E-state index contributed by atoms with van der Waals surface area (Å²) in [5.74, 6) is -3.03. The van der Waals surface area contributed by atoms with Crippen LogP contribution in [-0.4, -0.2) is 73.3 Å². The predicted molar refractivity (Wildman–Crippen MR) is 112 cm³/mol. The zero-order chi connectivity index (χ0) is 24.8. The molecular weight excluding hydrogens is 478 g/mol. The summed E-state index contributed by atoms with van der Waals surface area (Å²) in [6.07, 6.45) is 0.750. The summed E-state index contributed by atoms with van der Waals surface area (Å²) >= 11 is 0. The molecule has 180 valence electrons. The van der Waals surface area contributed by atoms with Crippen LogP contribution in [0.25, 0.3) is 0 Å². The van der Waals surface area contributed by atoms with Crippen molar-refractivity contribution in [3.05, 3.63) is 59.7 Å². The molecule has 0 N–H and O–H groups in total. The van der Waals surface area contributed by atoms with Crippen LogP contribution in [0.5, 0.6) is 11.5 Å². The van der Waals surface area contributed by atoms with E-state index in [9.17, 15) is 34.8 Å². The van der Waals surface area contributed by atoms with Crippen LogP contribution in [0, 0.1) is 0 Å². The van der Waals surface area contributed by atoms with Crippen LogP contribution in [0.15, 0.2) is 48.5 Å². The SMILES string of the molecule is CN(C)C=O.O=C([O-])CN(CCN(CC(=O)[O-])Cc1ccccc1[O-])Cc1ccccc1[O-].[Ti+4]. The van der Waals surface area contributed by atoms with Gasteiger partial charge in [0.2, 0.25) is 6.41 Å². The third kappa shape index (κ3) is 13.0. The van der Waals surface area contributed by atoms with Gasteiger partial charge in [0.05, 0.1) is 11.9 Å². The van der Waals surface area contributed by atoms with E-state index in [-0.39, 0.29) is 59.4 Å². The maximum Gasteiger partial charge on any atom is 4.00 e. The summed E-state index contributed by atoms with van der Waals surface area (Å²) in [6, 6.07) is 12.5. The van der Waals surface area contributed by atoms with Crippen molar-refractivity contribution in [1.29, 1.82) is 0 Å². The fraction of sp³-hybridized carbons (Fsp3) is 0.348. The number of carbonyl (C=O) groups excluding carboxylic acids is 3. The Labute approximate surface area is 213 Å². The normalized spacial score (nSPS) is 10.1. The van der Waals surface area contributed by atoms with Gasteiger partial charge in [-0.25, -0.2) is 0 Å². The van der Waals surface area contributed by atoms with Gasteiger partial charge in [-0.2, -0.15) is 0 Å². The first-order chi connectivity index (χ1) is 15.6. The molecular formula is C23H27N3O7Ti. The maximum atomic E-state index is 11.9. The van der Waals surface area contributed by atoms with Gasteiger partial charge in [-0.1, -0.05) is 48.5 Å². The Bertz CT molecular complexity index is 844. The second kappa shape index (κ2) is 16.7. The van der Waals surface area contributed by atoms with Crippen molar-refractivity contribution >= 4 is 18.3 Å². The van der Waals surface area contributed by atoms with Gasteiger partial charge < -0.3 is 34.9 Å². The van der Waals surface area contributed by atoms with Gasteiger partial charge in [0.25, 0.3) is 0 Å². The molecule has 34 heavy (non-hydrogen) atoms. The number of hydrogen-bond acceptors (Lipinski definition) is 9. The molecule has 10 nitrogen and oxygen atoms in total. The molecule has 0 aliphatic rings. The maximum absolute atomic E-state index is 11.9. The van der Waals surface area contributed by atoms with Gasteiger partial charge in [0, 0.05) is 53.4 Å². The van der Waals surface area contributed by atoms with E-state index in [1.54, 1.807) is 50.5 Å². The van der Waals surface area contributed by atoms with Gasteiger partial charge in [0.1, 0.15) is 0 Å². The largest absolute Gasteiger partial charge is 4.00 e. The van der Waals surface area contributed by atoms with Crippen LogP contribution in [0.3, 0.4) is 0 Å². The Balaban J connectivity index is 0.00000164. The summed E-state index contributed by atoms with van der Waals surface area (Å²) in [6.45, 7) is -0.319. The monoisotopic (exact) mass is 505 g/mol. The molecule has 0 aromatic heterocycles. The van der Waals surface area contributed by atoms with Crippen LogP contribution in [0.1, 0.15) is 11.1 Å². The standard InChI is InChI=1S/C20H24N2O6.C3H7NO.Ti/c23-17-7-3-1-5-15(17)11-21(13-19(25)26)9-10-22(14-20(27)28)12-16-6-2-4-8-18(16)24;1-4(2)3-5;/h1-8,23-24H,9-14H2,(H,25,26)(H,27,28);3H,1-2H3;/q;;+4/p-4. The van der Waals surface area contributed by atoms with Crippen LogP contribution < -0.4 is 20.4 Å². The second-order valence-corrected chi connectivity index (χ2v) is 7.45. The average molecular weight is 505 g/mol. The Hall–Kier alpha value is -2.92. The molecule has 0 spiro atoms. The number of benzene rings is 2. The number of para-hydroxylation sites is 2. The number of carboxylic acid groups (broad SMARTS) is 2. The number of nitrogens with zero attached hydrogens (tertiary/aromatic N) is 3. The molecule has 0 aliphatic carbocycles. The third-order valence-electron chi connectivity index (χ3n) is 4.38. The Morgan fingerprint density at radius 3 is 1.35 bits per heavy atom. The Morgan fingerprint density at radius 2 is 1.09 bits per heavy atom. The zero-order valence-electron chi connectivity index (χ0n) is 19.1. The minimum absolute atomic E-state index is 0. The number of hydrogen-bond donors (Lipinski definition) is 0. The number of carboxylic acids is 2. The number of rotatable bonds is 12. The van der Waals surface area contributed by atoms with Crippen molar-refractivity contribution in [2.24, 2.45) is 0 Å². The van der Waals surface area contributed by atoms with E-state index in [0.29, 0.717) is 11.1 Å². The van der Waals surface area contributed by atoms with Crippen LogP contribution in [-0.2, 0) is 49.2 Å². The molecule has 0 saturated heterocycles. The third-order valence-corrected chi connectivity index (χ3v) is 4.38. The molecule has 0 unspecified atom stereocenters. The molecule has 2 aromatic carbocycles. The smallest absolute Gasteiger partial charge is 0.872 e. The molecule has 0 saturated carbocycles. The number of aliphatic carboxylic acids is 2. The van der Waals surface area contributed by atoms with Crippen molar-refractivity contribution < 1.29 is 56.5 Å². The fourth-order valence-corrected chi connectivity index (χ4v) is 2.83. The predicted octanol–water partition coefficient (Wildman–Crippen LogP) is -2.66. The molecule has 2 rings (SSSR count). The van der Waals surface area contributed by atoms with Gasteiger partial charge in [-0.3, -0.25) is 14.6 Å². The summed E-state index contributed by atoms with van der Waals surface area (Å²) in [5, 5.41) is 45.9. The molecule has 0 bridgehead atoms. The topological polar surface area (TPSA) is 153 Å². The van der Waals surface area contributed by atoms with E-state index >= 15 is 0 Å². The number of amides is 1. The first-order valence-electron chi connectivity index (χ1n) is 10.1. The fourth-order valence-electron chi connectivity index (χ4n) is 2.83. The minimum Gasteiger partial charge on any atom is -0.872 e. The van der Waals surface area contributed by atoms with Crippen molar-refractivity contribution in [2.75, 3.05) is 40.3 Å². The Kier molecular flexibility index (Phi) is 15.2. The van der Waals surface area contributed by atoms with Crippen LogP contribution >= 0.6 is 0 Å². The van der Waals surface area contributed by atoms with Gasteiger partial charge in [-0.15, -0.1) is 11.5 Å². The molecule has 0 heterocycles. The van der Waals surface area contributed by atoms with Crippen molar-refractivity contribution in [2.45, 2.75) is 13.1 Å². The van der Waals surface area contributed by atoms with E-state index in [1.807, 2.05) is 0 Å². The van der Waals surface area contributed by atoms with Crippen molar-refractivity contribution in [3.63, 3.8) is 0 Å². The van der Waals surface area contributed by atoms with Crippen molar-refractivity contribution in [1.82, 2.24) is 14.7 Å². The van der Waals surface area contributed by atoms with Crippen LogP contribution in [0.4, 0.5) is 0 Å². The van der Waals surface area contributed by atoms with Gasteiger partial charge >= 0.3 is 21.7 Å². The average Bonchev–Trinajstić information content (AvgIpc) is 2.74. The molecule has 0 atom stereocenters. The first-order valence-corrected chi connectivity index (χ1v) is 10.1. The molecule has 2 aromatic rings. The molecule has 1 amide bonds. The summed E-state index contributed by atoms with van der Waals surface area (Å²) in [4.78, 5) is 35.9. The van der Waals surface area contributed by atoms with Gasteiger partial charge in [-0.05, 0) is 11.1 Å². The summed E-state index contributed by atoms with van der Waals surface area (Å²) in [7, 11) is 3.38. The van der Waals surface area contributed by atoms with Crippen LogP contribution in [0.2, 0.25) is 0 Å². The Morgan fingerprint density at radius 1 is 0.765 bits per heavy atom. The van der Waals surface area contributed by atoms with E-state index in [4.69, 9.17) is 0 Å². The minimum atomic E-state index is -1.31. The molecule has 0 aliphatic heterocycles. The zero-order valence-corrected chi connectivity index (χ0v) is 20.7. The number of carbonyl (C=O) groups is 3. The van der Waals surface area contributed by atoms with E-state index in [0.717, 1.165) is 6.41 Å². The van der Waals surface area contributed by atoms with E-state index in [2.05, 4.69) is 0 Å². The molecule has 0 fully saturated rings. The molecule has 11 heteroatoms. The van der Waals surface area contributed by atoms with E-state index in [1.165, 1.54) is 26.8 Å². The first kappa shape index (κ1) is 31.1. The second-order valence-electron chi connectivity index (χ2n) is 7.45. The van der Waals surface area contributed by atoms with Crippen molar-refractivity contribution in [3.8, 4) is 11.5 Å². The van der Waals surface area contributed by atoms with E-state index < -0.39 is 25.0 Å². The molecule has 0 radical (unpaired) electrons. The summed E-state index contributed by atoms with van der Waals surface area (Å²) < 4.78 is 0. The quantitative estimate of drug-likeness (QED) is 0.222. The van der Waals surface area contributed by atoms with Gasteiger partial charge in [0.15, 0.2) is 0 Å². The summed E-state index contributed by atoms with van der Waals surface area (Å²) in [5.41, 5.74) is 0.861.